The molecule has 1 aliphatic heterocycles. The number of rotatable bonds is 5. The molecule has 0 radical (unpaired) electrons. The molecule has 0 aromatic rings. The maximum absolute atomic E-state index is 11.5. The van der Waals surface area contributed by atoms with Gasteiger partial charge in [0.25, 0.3) is 0 Å². The minimum Gasteiger partial charge on any atom is -0.447 e. The molecule has 0 bridgehead atoms. The van der Waals surface area contributed by atoms with Gasteiger partial charge in [-0.05, 0) is 16.6 Å². The molecule has 0 aromatic carbocycles. The van der Waals surface area contributed by atoms with E-state index in [0.29, 0.717) is 29.8 Å². The Labute approximate surface area is 112 Å². The SMILES string of the molecule is CC(C)[Si](/C=C\N1CCOC1=O)(C(C)C)C(C)C. The molecule has 0 saturated carbocycles. The standard InChI is InChI=1S/C14H27NO2Si/c1-11(2)18(12(3)4,13(5)6)10-8-15-7-9-17-14(15)16/h8,10-13H,7,9H2,1-6H3/b10-8-. The van der Waals surface area contributed by atoms with Gasteiger partial charge in [-0.1, -0.05) is 47.2 Å². The highest BCUT2D eigenvalue weighted by molar-refractivity contribution is 6.87. The molecule has 18 heavy (non-hydrogen) atoms. The monoisotopic (exact) mass is 269 g/mol. The van der Waals surface area contributed by atoms with Crippen molar-refractivity contribution < 1.29 is 9.53 Å². The Bertz CT molecular complexity index is 302. The van der Waals surface area contributed by atoms with E-state index in [1.54, 1.807) is 4.90 Å². The van der Waals surface area contributed by atoms with Crippen molar-refractivity contribution in [3.05, 3.63) is 11.9 Å². The highest BCUT2D eigenvalue weighted by Crippen LogP contribution is 2.42. The second-order valence-corrected chi connectivity index (χ2v) is 11.9. The second kappa shape index (κ2) is 5.91. The summed E-state index contributed by atoms with van der Waals surface area (Å²) in [4.78, 5) is 13.2. The molecule has 4 heteroatoms. The molecular weight excluding hydrogens is 242 g/mol. The molecule has 1 saturated heterocycles. The largest absolute Gasteiger partial charge is 0.447 e. The van der Waals surface area contributed by atoms with Crippen LogP contribution in [0.4, 0.5) is 4.79 Å². The maximum atomic E-state index is 11.5. The lowest BCUT2D eigenvalue weighted by Crippen LogP contribution is -2.43. The average Bonchev–Trinajstić information content (AvgIpc) is 2.63. The molecule has 1 amide bonds. The van der Waals surface area contributed by atoms with Crippen LogP contribution in [0, 0.1) is 0 Å². The third kappa shape index (κ3) is 2.79. The van der Waals surface area contributed by atoms with Gasteiger partial charge in [0.15, 0.2) is 0 Å². The Morgan fingerprint density at radius 3 is 1.94 bits per heavy atom. The van der Waals surface area contributed by atoms with E-state index in [1.807, 2.05) is 6.20 Å². The summed E-state index contributed by atoms with van der Waals surface area (Å²) in [7, 11) is -1.55. The maximum Gasteiger partial charge on any atom is 0.413 e. The predicted molar refractivity (Wildman–Crippen MR) is 78.2 cm³/mol. The van der Waals surface area contributed by atoms with Gasteiger partial charge in [0.05, 0.1) is 14.6 Å². The predicted octanol–water partition coefficient (Wildman–Crippen LogP) is 4.17. The number of carbonyl (C=O) groups is 1. The molecule has 0 atom stereocenters. The van der Waals surface area contributed by atoms with Crippen molar-refractivity contribution in [2.75, 3.05) is 13.2 Å². The zero-order chi connectivity index (χ0) is 13.9. The minimum atomic E-state index is -1.55. The molecule has 3 nitrogen and oxygen atoms in total. The first kappa shape index (κ1) is 15.3. The van der Waals surface area contributed by atoms with Crippen LogP contribution in [0.25, 0.3) is 0 Å². The number of amides is 1. The molecule has 104 valence electrons. The van der Waals surface area contributed by atoms with Crippen molar-refractivity contribution in [2.24, 2.45) is 0 Å². The van der Waals surface area contributed by atoms with Crippen molar-refractivity contribution in [3.63, 3.8) is 0 Å². The van der Waals surface area contributed by atoms with Gasteiger partial charge in [0.1, 0.15) is 6.61 Å². The number of ether oxygens (including phenoxy) is 1. The van der Waals surface area contributed by atoms with Gasteiger partial charge in [-0.15, -0.1) is 0 Å². The fourth-order valence-electron chi connectivity index (χ4n) is 3.34. The Morgan fingerprint density at radius 1 is 1.11 bits per heavy atom. The second-order valence-electron chi connectivity index (χ2n) is 6.09. The van der Waals surface area contributed by atoms with E-state index in [4.69, 9.17) is 4.74 Å². The summed E-state index contributed by atoms with van der Waals surface area (Å²) >= 11 is 0. The number of nitrogens with zero attached hydrogens (tertiary/aromatic N) is 1. The summed E-state index contributed by atoms with van der Waals surface area (Å²) in [5, 5.41) is 0. The van der Waals surface area contributed by atoms with Crippen LogP contribution in [-0.2, 0) is 4.74 Å². The number of hydrogen-bond acceptors (Lipinski definition) is 2. The molecule has 0 N–H and O–H groups in total. The summed E-state index contributed by atoms with van der Waals surface area (Å²) in [6.07, 6.45) is 1.78. The van der Waals surface area contributed by atoms with Crippen molar-refractivity contribution in [2.45, 2.75) is 58.2 Å². The van der Waals surface area contributed by atoms with Crippen LogP contribution >= 0.6 is 0 Å². The van der Waals surface area contributed by atoms with Gasteiger partial charge < -0.3 is 4.74 Å². The van der Waals surface area contributed by atoms with E-state index < -0.39 is 8.07 Å². The van der Waals surface area contributed by atoms with Gasteiger partial charge in [0, 0.05) is 6.20 Å². The first-order valence-electron chi connectivity index (χ1n) is 6.95. The number of hydrogen-bond donors (Lipinski definition) is 0. The average molecular weight is 269 g/mol. The van der Waals surface area contributed by atoms with Crippen LogP contribution in [0.5, 0.6) is 0 Å². The molecule has 1 fully saturated rings. The van der Waals surface area contributed by atoms with Gasteiger partial charge >= 0.3 is 6.09 Å². The van der Waals surface area contributed by atoms with Crippen LogP contribution in [0.15, 0.2) is 11.9 Å². The summed E-state index contributed by atoms with van der Waals surface area (Å²) in [6.45, 7) is 15.1. The van der Waals surface area contributed by atoms with E-state index in [1.165, 1.54) is 0 Å². The van der Waals surface area contributed by atoms with Gasteiger partial charge in [-0.25, -0.2) is 4.79 Å². The van der Waals surface area contributed by atoms with Crippen LogP contribution in [0.3, 0.4) is 0 Å². The molecule has 0 spiro atoms. The van der Waals surface area contributed by atoms with Crippen molar-refractivity contribution in [1.82, 2.24) is 4.90 Å². The number of carbonyl (C=O) groups excluding carboxylic acids is 1. The zero-order valence-electron chi connectivity index (χ0n) is 12.6. The molecule has 0 aromatic heterocycles. The Morgan fingerprint density at radius 2 is 1.61 bits per heavy atom. The first-order valence-corrected chi connectivity index (χ1v) is 9.26. The van der Waals surface area contributed by atoms with Crippen LogP contribution in [0.2, 0.25) is 16.6 Å². The topological polar surface area (TPSA) is 29.5 Å². The highest BCUT2D eigenvalue weighted by atomic mass is 28.3. The Balaban J connectivity index is 2.97. The van der Waals surface area contributed by atoms with Crippen LogP contribution in [-0.4, -0.2) is 32.2 Å². The van der Waals surface area contributed by atoms with E-state index >= 15 is 0 Å². The normalized spacial score (nSPS) is 17.6. The molecule has 0 unspecified atom stereocenters. The molecule has 0 aliphatic carbocycles. The summed E-state index contributed by atoms with van der Waals surface area (Å²) < 4.78 is 4.96. The lowest BCUT2D eigenvalue weighted by Gasteiger charge is -2.40. The van der Waals surface area contributed by atoms with E-state index in [2.05, 4.69) is 47.2 Å². The van der Waals surface area contributed by atoms with Crippen molar-refractivity contribution in [3.8, 4) is 0 Å². The van der Waals surface area contributed by atoms with E-state index in [-0.39, 0.29) is 6.09 Å². The van der Waals surface area contributed by atoms with E-state index in [0.717, 1.165) is 0 Å². The third-order valence-electron chi connectivity index (χ3n) is 4.34. The lowest BCUT2D eigenvalue weighted by atomic mass is 10.5. The minimum absolute atomic E-state index is 0.203. The third-order valence-corrected chi connectivity index (χ3v) is 11.1. The van der Waals surface area contributed by atoms with Gasteiger partial charge in [-0.3, -0.25) is 4.90 Å². The fourth-order valence-corrected chi connectivity index (χ4v) is 8.93. The smallest absolute Gasteiger partial charge is 0.413 e. The molecule has 1 aliphatic rings. The van der Waals surface area contributed by atoms with Gasteiger partial charge in [-0.2, -0.15) is 0 Å². The molecule has 1 rings (SSSR count). The lowest BCUT2D eigenvalue weighted by molar-refractivity contribution is 0.166. The molecular formula is C14H27NO2Si. The van der Waals surface area contributed by atoms with Crippen molar-refractivity contribution >= 4 is 14.2 Å². The fraction of sp³-hybridized carbons (Fsp3) is 0.786. The first-order chi connectivity index (χ1) is 8.32. The quantitative estimate of drug-likeness (QED) is 0.701. The summed E-state index contributed by atoms with van der Waals surface area (Å²) in [6, 6.07) is 0. The zero-order valence-corrected chi connectivity index (χ0v) is 13.6. The Kier molecular flexibility index (Phi) is 5.02. The molecule has 1 heterocycles. The summed E-state index contributed by atoms with van der Waals surface area (Å²) in [5.74, 6) is 0. The Hall–Kier alpha value is -0.773. The van der Waals surface area contributed by atoms with E-state index in [9.17, 15) is 4.79 Å². The van der Waals surface area contributed by atoms with Crippen LogP contribution in [0.1, 0.15) is 41.5 Å². The van der Waals surface area contributed by atoms with Crippen molar-refractivity contribution in [1.29, 1.82) is 0 Å². The highest BCUT2D eigenvalue weighted by Gasteiger charge is 2.40. The number of cyclic esters (lactones) is 1. The van der Waals surface area contributed by atoms with Crippen LogP contribution < -0.4 is 0 Å². The van der Waals surface area contributed by atoms with Gasteiger partial charge in [0.2, 0.25) is 0 Å². The summed E-state index contributed by atoms with van der Waals surface area (Å²) in [5.41, 5.74) is 4.38.